The fourth-order valence-electron chi connectivity index (χ4n) is 5.93. The van der Waals surface area contributed by atoms with Gasteiger partial charge < -0.3 is 5.11 Å². The van der Waals surface area contributed by atoms with Crippen molar-refractivity contribution in [2.45, 2.75) is 72.3 Å². The van der Waals surface area contributed by atoms with Gasteiger partial charge in [-0.05, 0) is 60.2 Å². The van der Waals surface area contributed by atoms with E-state index in [9.17, 15) is 5.11 Å². The van der Waals surface area contributed by atoms with E-state index in [1.807, 2.05) is 0 Å². The molecule has 6 atom stereocenters. The van der Waals surface area contributed by atoms with Crippen molar-refractivity contribution in [3.8, 4) is 0 Å². The van der Waals surface area contributed by atoms with Gasteiger partial charge in [0.15, 0.2) is 0 Å². The van der Waals surface area contributed by atoms with Crippen molar-refractivity contribution in [3.05, 3.63) is 0 Å². The summed E-state index contributed by atoms with van der Waals surface area (Å²) < 4.78 is 0. The monoisotopic (exact) mass is 250 g/mol. The smallest absolute Gasteiger partial charge is 0.0573 e. The van der Waals surface area contributed by atoms with Crippen molar-refractivity contribution in [3.63, 3.8) is 0 Å². The second kappa shape index (κ2) is 3.98. The third-order valence-corrected chi connectivity index (χ3v) is 7.59. The molecule has 2 bridgehead atoms. The van der Waals surface area contributed by atoms with Crippen molar-refractivity contribution >= 4 is 0 Å². The van der Waals surface area contributed by atoms with Gasteiger partial charge in [0.05, 0.1) is 6.10 Å². The van der Waals surface area contributed by atoms with Crippen LogP contribution in [0.15, 0.2) is 0 Å². The molecule has 1 nitrogen and oxygen atoms in total. The SMILES string of the molecule is CC1CCCC(O)C1[C@@H]1C[C@H]2CC[C@]1(C)C2(C)C. The first kappa shape index (κ1) is 13.0. The molecule has 3 rings (SSSR count). The van der Waals surface area contributed by atoms with Gasteiger partial charge >= 0.3 is 0 Å². The maximum Gasteiger partial charge on any atom is 0.0573 e. The van der Waals surface area contributed by atoms with E-state index >= 15 is 0 Å². The first-order valence-electron chi connectivity index (χ1n) is 8.06. The summed E-state index contributed by atoms with van der Waals surface area (Å²) in [7, 11) is 0. The summed E-state index contributed by atoms with van der Waals surface area (Å²) in [5, 5.41) is 10.5. The third-order valence-electron chi connectivity index (χ3n) is 7.59. The Morgan fingerprint density at radius 1 is 1.06 bits per heavy atom. The molecule has 104 valence electrons. The Hall–Kier alpha value is -0.0400. The molecule has 3 unspecified atom stereocenters. The molecule has 0 amide bonds. The molecule has 1 N–H and O–H groups in total. The van der Waals surface area contributed by atoms with Gasteiger partial charge in [0.2, 0.25) is 0 Å². The van der Waals surface area contributed by atoms with Gasteiger partial charge in [0.25, 0.3) is 0 Å². The highest BCUT2D eigenvalue weighted by Gasteiger charge is 2.63. The summed E-state index contributed by atoms with van der Waals surface area (Å²) in [4.78, 5) is 0. The molecule has 0 spiro atoms. The Bertz CT molecular complexity index is 325. The van der Waals surface area contributed by atoms with Gasteiger partial charge in [-0.1, -0.05) is 40.5 Å². The summed E-state index contributed by atoms with van der Waals surface area (Å²) in [6.45, 7) is 9.89. The summed E-state index contributed by atoms with van der Waals surface area (Å²) in [5.74, 6) is 2.99. The Kier molecular flexibility index (Phi) is 2.86. The molecular formula is C17H30O. The van der Waals surface area contributed by atoms with E-state index in [4.69, 9.17) is 0 Å². The lowest BCUT2D eigenvalue weighted by molar-refractivity contribution is -0.0462. The zero-order chi connectivity index (χ0) is 13.1. The van der Waals surface area contributed by atoms with Crippen molar-refractivity contribution in [1.29, 1.82) is 0 Å². The Labute approximate surface area is 112 Å². The van der Waals surface area contributed by atoms with E-state index in [0.717, 1.165) is 24.2 Å². The minimum atomic E-state index is -0.0225. The largest absolute Gasteiger partial charge is 0.393 e. The number of hydrogen-bond acceptors (Lipinski definition) is 1. The van der Waals surface area contributed by atoms with Crippen LogP contribution >= 0.6 is 0 Å². The molecule has 1 heteroatoms. The van der Waals surface area contributed by atoms with E-state index in [1.54, 1.807) is 0 Å². The lowest BCUT2D eigenvalue weighted by atomic mass is 9.58. The quantitative estimate of drug-likeness (QED) is 0.738. The number of fused-ring (bicyclic) bond motifs is 2. The van der Waals surface area contributed by atoms with Gasteiger partial charge in [-0.25, -0.2) is 0 Å². The van der Waals surface area contributed by atoms with Crippen LogP contribution in [0.5, 0.6) is 0 Å². The predicted molar refractivity (Wildman–Crippen MR) is 75.2 cm³/mol. The molecule has 3 saturated carbocycles. The topological polar surface area (TPSA) is 20.2 Å². The second-order valence-corrected chi connectivity index (χ2v) is 8.27. The highest BCUT2D eigenvalue weighted by atomic mass is 16.3. The molecule has 0 aromatic heterocycles. The van der Waals surface area contributed by atoms with Gasteiger partial charge in [0.1, 0.15) is 0 Å². The number of aliphatic hydroxyl groups is 1. The minimum Gasteiger partial charge on any atom is -0.393 e. The average Bonchev–Trinajstić information content (AvgIpc) is 2.62. The molecule has 0 saturated heterocycles. The zero-order valence-electron chi connectivity index (χ0n) is 12.6. The van der Waals surface area contributed by atoms with Crippen LogP contribution in [0.4, 0.5) is 0 Å². The molecule has 0 aliphatic heterocycles. The second-order valence-electron chi connectivity index (χ2n) is 8.27. The maximum absolute atomic E-state index is 10.5. The average molecular weight is 250 g/mol. The normalized spacial score (nSPS) is 54.8. The lowest BCUT2D eigenvalue weighted by Gasteiger charge is -2.47. The van der Waals surface area contributed by atoms with Crippen LogP contribution in [0.25, 0.3) is 0 Å². The molecule has 0 aromatic rings. The van der Waals surface area contributed by atoms with Crippen molar-refractivity contribution in [1.82, 2.24) is 0 Å². The lowest BCUT2D eigenvalue weighted by Crippen LogP contribution is -2.44. The molecule has 3 fully saturated rings. The fourth-order valence-corrected chi connectivity index (χ4v) is 5.93. The van der Waals surface area contributed by atoms with Crippen LogP contribution < -0.4 is 0 Å². The van der Waals surface area contributed by atoms with Crippen LogP contribution in [0.1, 0.15) is 66.2 Å². The summed E-state index contributed by atoms with van der Waals surface area (Å²) >= 11 is 0. The van der Waals surface area contributed by atoms with Crippen LogP contribution in [0.3, 0.4) is 0 Å². The first-order valence-corrected chi connectivity index (χ1v) is 8.06. The minimum absolute atomic E-state index is 0.0225. The summed E-state index contributed by atoms with van der Waals surface area (Å²) in [5.41, 5.74) is 0.976. The highest BCUT2D eigenvalue weighted by Crippen LogP contribution is 2.70. The van der Waals surface area contributed by atoms with Crippen LogP contribution in [0.2, 0.25) is 0 Å². The van der Waals surface area contributed by atoms with Crippen LogP contribution in [0, 0.1) is 34.5 Å². The zero-order valence-corrected chi connectivity index (χ0v) is 12.6. The van der Waals surface area contributed by atoms with Crippen LogP contribution in [-0.4, -0.2) is 11.2 Å². The fraction of sp³-hybridized carbons (Fsp3) is 1.00. The predicted octanol–water partition coefficient (Wildman–Crippen LogP) is 4.25. The Morgan fingerprint density at radius 3 is 2.28 bits per heavy atom. The molecule has 3 aliphatic carbocycles. The van der Waals surface area contributed by atoms with Crippen molar-refractivity contribution in [2.75, 3.05) is 0 Å². The van der Waals surface area contributed by atoms with Crippen molar-refractivity contribution in [2.24, 2.45) is 34.5 Å². The van der Waals surface area contributed by atoms with Crippen LogP contribution in [-0.2, 0) is 0 Å². The molecule has 18 heavy (non-hydrogen) atoms. The molecule has 0 aromatic carbocycles. The highest BCUT2D eigenvalue weighted by molar-refractivity contribution is 5.12. The molecule has 0 heterocycles. The number of rotatable bonds is 1. The maximum atomic E-state index is 10.5. The van der Waals surface area contributed by atoms with Gasteiger partial charge in [0, 0.05) is 0 Å². The number of aliphatic hydroxyl groups excluding tert-OH is 1. The van der Waals surface area contributed by atoms with Crippen molar-refractivity contribution < 1.29 is 5.11 Å². The van der Waals surface area contributed by atoms with E-state index in [-0.39, 0.29) is 6.10 Å². The Balaban J connectivity index is 1.90. The van der Waals surface area contributed by atoms with Gasteiger partial charge in [-0.2, -0.15) is 0 Å². The number of hydrogen-bond donors (Lipinski definition) is 1. The van der Waals surface area contributed by atoms with E-state index in [0.29, 0.717) is 16.7 Å². The van der Waals surface area contributed by atoms with E-state index in [1.165, 1.54) is 32.1 Å². The first-order chi connectivity index (χ1) is 8.38. The van der Waals surface area contributed by atoms with E-state index < -0.39 is 0 Å². The Morgan fingerprint density at radius 2 is 1.78 bits per heavy atom. The summed E-state index contributed by atoms with van der Waals surface area (Å²) in [6.07, 6.45) is 7.80. The summed E-state index contributed by atoms with van der Waals surface area (Å²) in [6, 6.07) is 0. The van der Waals surface area contributed by atoms with Gasteiger partial charge in [-0.3, -0.25) is 0 Å². The third kappa shape index (κ3) is 1.49. The molecular weight excluding hydrogens is 220 g/mol. The standard InChI is InChI=1S/C17H30O/c1-11-6-5-7-14(18)15(11)13-10-12-8-9-17(13,4)16(12,2)3/h11-15,18H,5-10H2,1-4H3/t11?,12-,13+,14?,15?,17+/m1/s1. The van der Waals surface area contributed by atoms with Gasteiger partial charge in [-0.15, -0.1) is 0 Å². The van der Waals surface area contributed by atoms with E-state index in [2.05, 4.69) is 27.7 Å². The molecule has 3 aliphatic rings. The molecule has 0 radical (unpaired) electrons.